The average molecular weight is 296 g/mol. The second kappa shape index (κ2) is 6.54. The minimum atomic E-state index is -0.223. The Balaban J connectivity index is 1.60. The van der Waals surface area contributed by atoms with E-state index >= 15 is 0 Å². The molecule has 0 saturated carbocycles. The Hall–Kier alpha value is -2.46. The van der Waals surface area contributed by atoms with Crippen molar-refractivity contribution in [2.24, 2.45) is 0 Å². The molecule has 3 nitrogen and oxygen atoms in total. The Morgan fingerprint density at radius 1 is 1.05 bits per heavy atom. The lowest BCUT2D eigenvalue weighted by Crippen LogP contribution is -2.22. The number of rotatable bonds is 5. The van der Waals surface area contributed by atoms with Gasteiger partial charge in [-0.15, -0.1) is 0 Å². The first-order chi connectivity index (χ1) is 10.7. The minimum absolute atomic E-state index is 0.0621. The molecule has 3 rings (SSSR count). The van der Waals surface area contributed by atoms with Crippen LogP contribution in [0.3, 0.4) is 0 Å². The number of hydrogen-bond donors (Lipinski definition) is 2. The van der Waals surface area contributed by atoms with Gasteiger partial charge in [0.15, 0.2) is 0 Å². The first kappa shape index (κ1) is 14.5. The van der Waals surface area contributed by atoms with E-state index in [4.69, 9.17) is 0 Å². The smallest absolute Gasteiger partial charge is 0.252 e. The topological polar surface area (TPSA) is 44.9 Å². The van der Waals surface area contributed by atoms with E-state index in [0.717, 1.165) is 35.0 Å². The monoisotopic (exact) mass is 296 g/mol. The van der Waals surface area contributed by atoms with Gasteiger partial charge < -0.3 is 10.3 Å². The van der Waals surface area contributed by atoms with E-state index in [2.05, 4.69) is 10.3 Å². The Bertz CT molecular complexity index is 824. The van der Waals surface area contributed by atoms with Gasteiger partial charge in [0.1, 0.15) is 5.82 Å². The van der Waals surface area contributed by atoms with Gasteiger partial charge in [0.25, 0.3) is 5.56 Å². The highest BCUT2D eigenvalue weighted by Gasteiger charge is 2.02. The maximum absolute atomic E-state index is 12.8. The molecule has 0 aliphatic heterocycles. The van der Waals surface area contributed by atoms with E-state index in [1.54, 1.807) is 12.1 Å². The summed E-state index contributed by atoms with van der Waals surface area (Å²) >= 11 is 0. The molecule has 0 saturated heterocycles. The number of aromatic amines is 1. The molecule has 2 N–H and O–H groups in total. The third-order valence-corrected chi connectivity index (χ3v) is 3.65. The van der Waals surface area contributed by atoms with Gasteiger partial charge in [-0.05, 0) is 48.2 Å². The van der Waals surface area contributed by atoms with E-state index in [9.17, 15) is 9.18 Å². The zero-order valence-electron chi connectivity index (χ0n) is 12.1. The van der Waals surface area contributed by atoms with Crippen LogP contribution in [-0.4, -0.2) is 11.5 Å². The van der Waals surface area contributed by atoms with Crippen molar-refractivity contribution in [2.75, 3.05) is 6.54 Å². The van der Waals surface area contributed by atoms with Crippen LogP contribution in [-0.2, 0) is 13.0 Å². The summed E-state index contributed by atoms with van der Waals surface area (Å²) in [5.74, 6) is -0.223. The van der Waals surface area contributed by atoms with Crippen LogP contribution in [0.5, 0.6) is 0 Å². The van der Waals surface area contributed by atoms with Gasteiger partial charge in [0.2, 0.25) is 0 Å². The van der Waals surface area contributed by atoms with Gasteiger partial charge in [-0.2, -0.15) is 0 Å². The molecule has 4 heteroatoms. The number of fused-ring (bicyclic) bond motifs is 1. The van der Waals surface area contributed by atoms with E-state index in [0.29, 0.717) is 6.54 Å². The second-order valence-corrected chi connectivity index (χ2v) is 5.26. The van der Waals surface area contributed by atoms with Gasteiger partial charge in [-0.1, -0.05) is 30.3 Å². The van der Waals surface area contributed by atoms with Crippen molar-refractivity contribution < 1.29 is 4.39 Å². The van der Waals surface area contributed by atoms with Crippen LogP contribution < -0.4 is 10.9 Å². The largest absolute Gasteiger partial charge is 0.322 e. The van der Waals surface area contributed by atoms with Gasteiger partial charge in [-0.25, -0.2) is 4.39 Å². The fourth-order valence-electron chi connectivity index (χ4n) is 2.43. The summed E-state index contributed by atoms with van der Waals surface area (Å²) in [6.07, 6.45) is 0.797. The number of para-hydroxylation sites is 1. The van der Waals surface area contributed by atoms with Crippen LogP contribution in [0.2, 0.25) is 0 Å². The molecular formula is C18H17FN2O. The fraction of sp³-hybridized carbons (Fsp3) is 0.167. The molecule has 1 aromatic heterocycles. The summed E-state index contributed by atoms with van der Waals surface area (Å²) in [5.41, 5.74) is 2.58. The summed E-state index contributed by atoms with van der Waals surface area (Å²) in [6, 6.07) is 16.1. The summed E-state index contributed by atoms with van der Waals surface area (Å²) in [5, 5.41) is 4.28. The normalized spacial score (nSPS) is 11.0. The van der Waals surface area contributed by atoms with Crippen molar-refractivity contribution in [3.05, 3.63) is 81.9 Å². The van der Waals surface area contributed by atoms with E-state index in [1.807, 2.05) is 30.3 Å². The first-order valence-corrected chi connectivity index (χ1v) is 7.28. The number of halogens is 1. The first-order valence-electron chi connectivity index (χ1n) is 7.28. The van der Waals surface area contributed by atoms with Crippen LogP contribution >= 0.6 is 0 Å². The highest BCUT2D eigenvalue weighted by atomic mass is 19.1. The summed E-state index contributed by atoms with van der Waals surface area (Å²) in [4.78, 5) is 14.9. The minimum Gasteiger partial charge on any atom is -0.322 e. The van der Waals surface area contributed by atoms with Crippen LogP contribution in [0.4, 0.5) is 4.39 Å². The zero-order chi connectivity index (χ0) is 15.4. The predicted octanol–water partition coefficient (Wildman–Crippen LogP) is 3.00. The lowest BCUT2D eigenvalue weighted by molar-refractivity contribution is 0.626. The predicted molar refractivity (Wildman–Crippen MR) is 86.4 cm³/mol. The molecule has 0 atom stereocenters. The fourth-order valence-corrected chi connectivity index (χ4v) is 2.43. The number of nitrogens with one attached hydrogen (secondary N) is 2. The SMILES string of the molecule is O=c1[nH]c2ccccc2cc1CNCCc1ccc(F)cc1. The number of hydrogen-bond acceptors (Lipinski definition) is 2. The Morgan fingerprint density at radius 2 is 1.82 bits per heavy atom. The maximum atomic E-state index is 12.8. The van der Waals surface area contributed by atoms with Crippen molar-refractivity contribution in [3.63, 3.8) is 0 Å². The number of benzene rings is 2. The zero-order valence-corrected chi connectivity index (χ0v) is 12.1. The van der Waals surface area contributed by atoms with Crippen LogP contribution in [0.25, 0.3) is 10.9 Å². The molecule has 0 radical (unpaired) electrons. The molecular weight excluding hydrogens is 279 g/mol. The Labute approximate surface area is 127 Å². The summed E-state index contributed by atoms with van der Waals surface area (Å²) in [6.45, 7) is 1.25. The Kier molecular flexibility index (Phi) is 4.30. The van der Waals surface area contributed by atoms with Crippen LogP contribution in [0.15, 0.2) is 59.4 Å². The summed E-state index contributed by atoms with van der Waals surface area (Å²) in [7, 11) is 0. The van der Waals surface area contributed by atoms with Crippen molar-refractivity contribution >= 4 is 10.9 Å². The molecule has 2 aromatic carbocycles. The average Bonchev–Trinajstić information content (AvgIpc) is 2.53. The third-order valence-electron chi connectivity index (χ3n) is 3.65. The van der Waals surface area contributed by atoms with Crippen LogP contribution in [0.1, 0.15) is 11.1 Å². The molecule has 0 bridgehead atoms. The lowest BCUT2D eigenvalue weighted by atomic mass is 10.1. The Morgan fingerprint density at radius 3 is 2.64 bits per heavy atom. The van der Waals surface area contributed by atoms with E-state index in [-0.39, 0.29) is 11.4 Å². The molecule has 0 aliphatic rings. The molecule has 1 heterocycles. The number of H-pyrrole nitrogens is 1. The lowest BCUT2D eigenvalue weighted by Gasteiger charge is -2.06. The van der Waals surface area contributed by atoms with Crippen molar-refractivity contribution in [2.45, 2.75) is 13.0 Å². The van der Waals surface area contributed by atoms with Crippen molar-refractivity contribution in [3.8, 4) is 0 Å². The second-order valence-electron chi connectivity index (χ2n) is 5.26. The summed E-state index contributed by atoms with van der Waals surface area (Å²) < 4.78 is 12.8. The molecule has 0 unspecified atom stereocenters. The van der Waals surface area contributed by atoms with E-state index in [1.165, 1.54) is 12.1 Å². The third kappa shape index (κ3) is 3.40. The molecule has 3 aromatic rings. The standard InChI is InChI=1S/C18H17FN2O/c19-16-7-5-13(6-8-16)9-10-20-12-15-11-14-3-1-2-4-17(14)21-18(15)22/h1-8,11,20H,9-10,12H2,(H,21,22). The highest BCUT2D eigenvalue weighted by molar-refractivity contribution is 5.78. The van der Waals surface area contributed by atoms with Crippen molar-refractivity contribution in [1.82, 2.24) is 10.3 Å². The molecule has 112 valence electrons. The van der Waals surface area contributed by atoms with Gasteiger partial charge >= 0.3 is 0 Å². The highest BCUT2D eigenvalue weighted by Crippen LogP contribution is 2.10. The van der Waals surface area contributed by atoms with Crippen molar-refractivity contribution in [1.29, 1.82) is 0 Å². The molecule has 0 fully saturated rings. The van der Waals surface area contributed by atoms with E-state index < -0.39 is 0 Å². The van der Waals surface area contributed by atoms with Crippen LogP contribution in [0, 0.1) is 5.82 Å². The number of pyridine rings is 1. The molecule has 0 spiro atoms. The van der Waals surface area contributed by atoms with Gasteiger partial charge in [0, 0.05) is 17.6 Å². The quantitative estimate of drug-likeness (QED) is 0.711. The molecule has 0 amide bonds. The molecule has 22 heavy (non-hydrogen) atoms. The van der Waals surface area contributed by atoms with Gasteiger partial charge in [-0.3, -0.25) is 4.79 Å². The molecule has 0 aliphatic carbocycles. The van der Waals surface area contributed by atoms with Gasteiger partial charge in [0.05, 0.1) is 0 Å². The maximum Gasteiger partial charge on any atom is 0.252 e. The number of aromatic nitrogens is 1.